The summed E-state index contributed by atoms with van der Waals surface area (Å²) in [5.41, 5.74) is 8.53. The first kappa shape index (κ1) is 23.8. The zero-order valence-electron chi connectivity index (χ0n) is 18.3. The van der Waals surface area contributed by atoms with E-state index < -0.39 is 20.8 Å². The summed E-state index contributed by atoms with van der Waals surface area (Å²) in [7, 11) is 9.87. The van der Waals surface area contributed by atoms with Crippen LogP contribution in [-0.4, -0.2) is 0 Å². The zero-order valence-corrected chi connectivity index (χ0v) is 22.3. The summed E-state index contributed by atoms with van der Waals surface area (Å²) < 4.78 is 0. The van der Waals surface area contributed by atoms with E-state index in [4.69, 9.17) is 17.0 Å². The first-order valence-electron chi connectivity index (χ1n) is 9.68. The van der Waals surface area contributed by atoms with Crippen LogP contribution in [0.5, 0.6) is 0 Å². The molecule has 0 aromatic heterocycles. The molecule has 150 valence electrons. The Labute approximate surface area is 189 Å². The van der Waals surface area contributed by atoms with Gasteiger partial charge in [-0.2, -0.15) is 6.07 Å². The quantitative estimate of drug-likeness (QED) is 0.297. The fraction of sp³-hybridized carbons (Fsp3) is 0.400. The summed E-state index contributed by atoms with van der Waals surface area (Å²) in [5, 5.41) is 2.72. The van der Waals surface area contributed by atoms with Crippen LogP contribution in [0.2, 0.25) is 0 Å². The molecule has 3 aromatic rings. The predicted octanol–water partition coefficient (Wildman–Crippen LogP) is 8.81. The molecule has 0 N–H and O–H groups in total. The van der Waals surface area contributed by atoms with E-state index in [2.05, 4.69) is 97.9 Å². The van der Waals surface area contributed by atoms with Crippen molar-refractivity contribution in [1.29, 1.82) is 0 Å². The van der Waals surface area contributed by atoms with Crippen molar-refractivity contribution in [3.05, 3.63) is 64.7 Å². The second-order valence-electron chi connectivity index (χ2n) is 9.66. The minimum absolute atomic E-state index is 0.139. The van der Waals surface area contributed by atoms with E-state index in [0.29, 0.717) is 0 Å². The van der Waals surface area contributed by atoms with Gasteiger partial charge in [-0.05, 0) is 34.4 Å². The van der Waals surface area contributed by atoms with Crippen LogP contribution in [-0.2, 0) is 31.7 Å². The fourth-order valence-electron chi connectivity index (χ4n) is 3.56. The van der Waals surface area contributed by atoms with E-state index in [1.807, 2.05) is 0 Å². The van der Waals surface area contributed by atoms with Crippen molar-refractivity contribution in [3.8, 4) is 11.1 Å². The molecule has 0 aliphatic carbocycles. The van der Waals surface area contributed by atoms with Crippen molar-refractivity contribution in [1.82, 2.24) is 0 Å². The van der Waals surface area contributed by atoms with Gasteiger partial charge in [0.25, 0.3) is 0 Å². The van der Waals surface area contributed by atoms with E-state index in [1.165, 1.54) is 44.2 Å². The van der Waals surface area contributed by atoms with Crippen LogP contribution in [0.1, 0.15) is 63.8 Å². The van der Waals surface area contributed by atoms with Crippen molar-refractivity contribution in [2.24, 2.45) is 0 Å². The normalized spacial score (nSPS) is 11.9. The van der Waals surface area contributed by atoms with E-state index in [9.17, 15) is 0 Å². The Bertz CT molecular complexity index is 921. The molecule has 0 nitrogen and oxygen atoms in total. The van der Waals surface area contributed by atoms with Gasteiger partial charge in [0.15, 0.2) is 0 Å². The number of aryl methyl sites for hydroxylation is 2. The van der Waals surface area contributed by atoms with Gasteiger partial charge < -0.3 is 0 Å². The molecule has 3 aromatic carbocycles. The van der Waals surface area contributed by atoms with Gasteiger partial charge in [0, 0.05) is 0 Å². The molecule has 0 aliphatic heterocycles. The predicted molar refractivity (Wildman–Crippen MR) is 124 cm³/mol. The Hall–Kier alpha value is -0.487. The second kappa shape index (κ2) is 9.11. The van der Waals surface area contributed by atoms with Crippen molar-refractivity contribution < 1.29 is 20.8 Å². The van der Waals surface area contributed by atoms with Crippen LogP contribution >= 0.6 is 17.0 Å². The monoisotopic (exact) mass is 491 g/mol. The minimum atomic E-state index is -0.826. The van der Waals surface area contributed by atoms with Gasteiger partial charge in [0.05, 0.1) is 0 Å². The van der Waals surface area contributed by atoms with E-state index in [0.717, 1.165) is 0 Å². The first-order valence-corrected chi connectivity index (χ1v) is 16.0. The third-order valence-electron chi connectivity index (χ3n) is 5.20. The van der Waals surface area contributed by atoms with Crippen molar-refractivity contribution >= 4 is 27.8 Å². The molecule has 3 rings (SSSR count). The Morgan fingerprint density at radius 3 is 1.75 bits per heavy atom. The number of fused-ring (bicyclic) bond motifs is 1. The summed E-state index contributed by atoms with van der Waals surface area (Å²) >= 11 is -0.826. The molecule has 0 saturated carbocycles. The van der Waals surface area contributed by atoms with Crippen LogP contribution < -0.4 is 0 Å². The molecule has 3 heteroatoms. The standard InChI is InChI=1S/C25H31.2ClH.Zr/c1-16-11-18-10-9-17(2)23(22(18)12-16)19-13-20(24(3,4)5)15-21(14-19)25(6,7)8;;;/h9-15H,1-8H3;2*1H;/q-1;;;+2/p-2. The average Bonchev–Trinajstić information content (AvgIpc) is 2.93. The second-order valence-corrected chi connectivity index (χ2v) is 13.4. The summed E-state index contributed by atoms with van der Waals surface area (Å²) in [6.07, 6.45) is 0. The SMILES string of the molecule is Cc1cc2c(-c3cc(C(C)(C)C)cc(C(C)(C)C)c3)c(C)ccc2[cH-]1.[Cl][Zr][Cl]. The molecule has 0 aliphatic rings. The maximum absolute atomic E-state index is 4.93. The number of hydrogen-bond acceptors (Lipinski definition) is 0. The molecular formula is C25H31Cl2Zr-. The fourth-order valence-corrected chi connectivity index (χ4v) is 3.56. The van der Waals surface area contributed by atoms with Gasteiger partial charge >= 0.3 is 37.9 Å². The van der Waals surface area contributed by atoms with Crippen LogP contribution in [0.4, 0.5) is 0 Å². The van der Waals surface area contributed by atoms with Gasteiger partial charge in [-0.3, -0.25) is 0 Å². The van der Waals surface area contributed by atoms with Crippen LogP contribution in [0.25, 0.3) is 21.9 Å². The molecule has 0 radical (unpaired) electrons. The van der Waals surface area contributed by atoms with E-state index in [-0.39, 0.29) is 10.8 Å². The summed E-state index contributed by atoms with van der Waals surface area (Å²) in [6, 6.07) is 16.3. The van der Waals surface area contributed by atoms with Gasteiger partial charge in [-0.15, -0.1) is 34.5 Å². The van der Waals surface area contributed by atoms with Crippen molar-refractivity contribution in [3.63, 3.8) is 0 Å². The van der Waals surface area contributed by atoms with Crippen LogP contribution in [0, 0.1) is 13.8 Å². The zero-order chi connectivity index (χ0) is 21.3. The molecule has 0 bridgehead atoms. The van der Waals surface area contributed by atoms with E-state index in [1.54, 1.807) is 0 Å². The molecule has 0 spiro atoms. The molecule has 28 heavy (non-hydrogen) atoms. The molecular weight excluding hydrogens is 462 g/mol. The third kappa shape index (κ3) is 5.56. The molecule has 0 unspecified atom stereocenters. The van der Waals surface area contributed by atoms with E-state index >= 15 is 0 Å². The Kier molecular flexibility index (Phi) is 7.74. The summed E-state index contributed by atoms with van der Waals surface area (Å²) in [4.78, 5) is 0. The number of rotatable bonds is 1. The topological polar surface area (TPSA) is 0 Å². The molecule has 0 heterocycles. The molecule has 0 amide bonds. The number of benzene rings is 2. The Morgan fingerprint density at radius 1 is 0.786 bits per heavy atom. The van der Waals surface area contributed by atoms with Gasteiger partial charge in [-0.1, -0.05) is 77.8 Å². The Morgan fingerprint density at radius 2 is 1.29 bits per heavy atom. The molecule has 0 saturated heterocycles. The van der Waals surface area contributed by atoms with Gasteiger partial charge in [0.2, 0.25) is 0 Å². The van der Waals surface area contributed by atoms with Crippen molar-refractivity contribution in [2.75, 3.05) is 0 Å². The number of hydrogen-bond donors (Lipinski definition) is 0. The Balaban J connectivity index is 0.000000878. The summed E-state index contributed by atoms with van der Waals surface area (Å²) in [5.74, 6) is 0. The number of halogens is 2. The van der Waals surface area contributed by atoms with Crippen LogP contribution in [0.3, 0.4) is 0 Å². The van der Waals surface area contributed by atoms with Crippen molar-refractivity contribution in [2.45, 2.75) is 66.2 Å². The van der Waals surface area contributed by atoms with Gasteiger partial charge in [0.1, 0.15) is 0 Å². The summed E-state index contributed by atoms with van der Waals surface area (Å²) in [6.45, 7) is 18.2. The van der Waals surface area contributed by atoms with Gasteiger partial charge in [-0.25, -0.2) is 0 Å². The third-order valence-corrected chi connectivity index (χ3v) is 5.20. The molecule has 0 atom stereocenters. The average molecular weight is 494 g/mol. The molecule has 0 fully saturated rings. The first-order chi connectivity index (χ1) is 12.9. The maximum atomic E-state index is 4.93. The van der Waals surface area contributed by atoms with Crippen LogP contribution in [0.15, 0.2) is 42.5 Å².